The van der Waals surface area contributed by atoms with Gasteiger partial charge in [-0.1, -0.05) is 13.3 Å². The zero-order valence-electron chi connectivity index (χ0n) is 9.42. The Hall–Kier alpha value is -0.970. The number of imidazole rings is 1. The average molecular weight is 229 g/mol. The lowest BCUT2D eigenvalue weighted by Crippen LogP contribution is -2.37. The highest BCUT2D eigenvalue weighted by Gasteiger charge is 2.31. The van der Waals surface area contributed by atoms with E-state index in [1.165, 1.54) is 31.7 Å². The summed E-state index contributed by atoms with van der Waals surface area (Å²) in [6.07, 6.45) is 6.46. The van der Waals surface area contributed by atoms with E-state index < -0.39 is 6.55 Å². The quantitative estimate of drug-likeness (QED) is 0.841. The fourth-order valence-corrected chi connectivity index (χ4v) is 2.09. The van der Waals surface area contributed by atoms with Crippen LogP contribution in [0.25, 0.3) is 0 Å². The van der Waals surface area contributed by atoms with E-state index in [4.69, 9.17) is 0 Å². The van der Waals surface area contributed by atoms with E-state index in [1.807, 2.05) is 0 Å². The molecule has 1 N–H and O–H groups in total. The molecule has 0 aliphatic heterocycles. The Morgan fingerprint density at radius 3 is 2.88 bits per heavy atom. The van der Waals surface area contributed by atoms with E-state index in [2.05, 4.69) is 17.2 Å². The van der Waals surface area contributed by atoms with Crippen LogP contribution in [-0.4, -0.2) is 16.1 Å². The molecule has 0 atom stereocenters. The van der Waals surface area contributed by atoms with Crippen LogP contribution in [0, 0.1) is 5.41 Å². The normalized spacial score (nSPS) is 18.8. The molecule has 1 aromatic rings. The molecule has 1 aliphatic rings. The van der Waals surface area contributed by atoms with Gasteiger partial charge >= 0.3 is 6.55 Å². The van der Waals surface area contributed by atoms with Gasteiger partial charge in [-0.05, 0) is 18.3 Å². The van der Waals surface area contributed by atoms with Gasteiger partial charge in [0.2, 0.25) is 0 Å². The zero-order valence-corrected chi connectivity index (χ0v) is 9.42. The molecule has 0 amide bonds. The van der Waals surface area contributed by atoms with Crippen molar-refractivity contribution in [3.63, 3.8) is 0 Å². The molecule has 1 aromatic heterocycles. The molecule has 3 nitrogen and oxygen atoms in total. The standard InChI is InChI=1S/C11H17F2N3/c1-11(3-2-4-11)8-14-7-9-15-5-6-16(9)10(12)13/h5-6,10,14H,2-4,7-8H2,1H3. The van der Waals surface area contributed by atoms with Crippen LogP contribution in [0.5, 0.6) is 0 Å². The maximum Gasteiger partial charge on any atom is 0.319 e. The monoisotopic (exact) mass is 229 g/mol. The van der Waals surface area contributed by atoms with Gasteiger partial charge in [0.1, 0.15) is 5.82 Å². The van der Waals surface area contributed by atoms with Crippen LogP contribution in [0.1, 0.15) is 38.6 Å². The Kier molecular flexibility index (Phi) is 3.23. The van der Waals surface area contributed by atoms with Crippen LogP contribution in [0.4, 0.5) is 8.78 Å². The van der Waals surface area contributed by atoms with Crippen molar-refractivity contribution in [3.8, 4) is 0 Å². The Bertz CT molecular complexity index is 345. The molecule has 1 heterocycles. The van der Waals surface area contributed by atoms with Gasteiger partial charge in [0, 0.05) is 18.9 Å². The summed E-state index contributed by atoms with van der Waals surface area (Å²) in [5.41, 5.74) is 0.363. The summed E-state index contributed by atoms with van der Waals surface area (Å²) in [5.74, 6) is 0.401. The minimum absolute atomic E-state index is 0.363. The maximum atomic E-state index is 12.5. The van der Waals surface area contributed by atoms with Gasteiger partial charge in [-0.15, -0.1) is 0 Å². The fraction of sp³-hybridized carbons (Fsp3) is 0.727. The van der Waals surface area contributed by atoms with Crippen molar-refractivity contribution < 1.29 is 8.78 Å². The minimum atomic E-state index is -2.50. The smallest absolute Gasteiger partial charge is 0.309 e. The van der Waals surface area contributed by atoms with E-state index in [9.17, 15) is 8.78 Å². The van der Waals surface area contributed by atoms with E-state index >= 15 is 0 Å². The van der Waals surface area contributed by atoms with Crippen molar-refractivity contribution in [1.29, 1.82) is 0 Å². The Balaban J connectivity index is 1.82. The van der Waals surface area contributed by atoms with Crippen molar-refractivity contribution >= 4 is 0 Å². The highest BCUT2D eigenvalue weighted by molar-refractivity contribution is 4.93. The third kappa shape index (κ3) is 2.40. The first-order valence-electron chi connectivity index (χ1n) is 5.61. The summed E-state index contributed by atoms with van der Waals surface area (Å²) in [5, 5.41) is 3.21. The summed E-state index contributed by atoms with van der Waals surface area (Å²) < 4.78 is 25.9. The first kappa shape index (κ1) is 11.5. The third-order valence-corrected chi connectivity index (χ3v) is 3.35. The van der Waals surface area contributed by atoms with Gasteiger partial charge in [-0.2, -0.15) is 8.78 Å². The fourth-order valence-electron chi connectivity index (χ4n) is 2.09. The summed E-state index contributed by atoms with van der Waals surface area (Å²) in [6, 6.07) is 0. The van der Waals surface area contributed by atoms with Crippen molar-refractivity contribution in [3.05, 3.63) is 18.2 Å². The van der Waals surface area contributed by atoms with Crippen LogP contribution in [0.3, 0.4) is 0 Å². The number of nitrogens with zero attached hydrogens (tertiary/aromatic N) is 2. The molecule has 0 bridgehead atoms. The van der Waals surface area contributed by atoms with Gasteiger partial charge < -0.3 is 5.32 Å². The van der Waals surface area contributed by atoms with Crippen LogP contribution >= 0.6 is 0 Å². The molecule has 0 unspecified atom stereocenters. The number of hydrogen-bond donors (Lipinski definition) is 1. The SMILES string of the molecule is CC1(CNCc2nccn2C(F)F)CCC1. The van der Waals surface area contributed by atoms with Crippen LogP contribution in [0.15, 0.2) is 12.4 Å². The Labute approximate surface area is 93.9 Å². The van der Waals surface area contributed by atoms with Crippen LogP contribution in [0.2, 0.25) is 0 Å². The molecule has 1 fully saturated rings. The Morgan fingerprint density at radius 1 is 1.56 bits per heavy atom. The molecule has 0 aromatic carbocycles. The van der Waals surface area contributed by atoms with Crippen molar-refractivity contribution in [2.75, 3.05) is 6.54 Å². The first-order valence-corrected chi connectivity index (χ1v) is 5.61. The largest absolute Gasteiger partial charge is 0.319 e. The summed E-state index contributed by atoms with van der Waals surface area (Å²) in [4.78, 5) is 3.92. The minimum Gasteiger partial charge on any atom is -0.309 e. The number of aromatic nitrogens is 2. The van der Waals surface area contributed by atoms with E-state index in [0.29, 0.717) is 17.8 Å². The second-order valence-electron chi connectivity index (χ2n) is 4.80. The van der Waals surface area contributed by atoms with E-state index in [-0.39, 0.29) is 0 Å². The van der Waals surface area contributed by atoms with Gasteiger partial charge in [0.25, 0.3) is 0 Å². The van der Waals surface area contributed by atoms with Crippen LogP contribution in [-0.2, 0) is 6.54 Å². The number of nitrogens with one attached hydrogen (secondary N) is 1. The molecule has 16 heavy (non-hydrogen) atoms. The molecule has 1 saturated carbocycles. The maximum absolute atomic E-state index is 12.5. The van der Waals surface area contributed by atoms with Crippen molar-refractivity contribution in [1.82, 2.24) is 14.9 Å². The third-order valence-electron chi connectivity index (χ3n) is 3.35. The number of halogens is 2. The molecule has 5 heteroatoms. The van der Waals surface area contributed by atoms with Gasteiger partial charge in [0.05, 0.1) is 6.54 Å². The van der Waals surface area contributed by atoms with E-state index in [0.717, 1.165) is 11.1 Å². The zero-order chi connectivity index (χ0) is 11.6. The van der Waals surface area contributed by atoms with Gasteiger partial charge in [-0.25, -0.2) is 4.98 Å². The topological polar surface area (TPSA) is 29.9 Å². The lowest BCUT2D eigenvalue weighted by molar-refractivity contribution is 0.0662. The van der Waals surface area contributed by atoms with Gasteiger partial charge in [0.15, 0.2) is 0 Å². The summed E-state index contributed by atoms with van der Waals surface area (Å²) >= 11 is 0. The highest BCUT2D eigenvalue weighted by Crippen LogP contribution is 2.39. The van der Waals surface area contributed by atoms with Crippen LogP contribution < -0.4 is 5.32 Å². The molecular formula is C11H17F2N3. The molecular weight excluding hydrogens is 212 g/mol. The second-order valence-corrected chi connectivity index (χ2v) is 4.80. The first-order chi connectivity index (χ1) is 7.61. The number of hydrogen-bond acceptors (Lipinski definition) is 2. The Morgan fingerprint density at radius 2 is 2.31 bits per heavy atom. The van der Waals surface area contributed by atoms with E-state index in [1.54, 1.807) is 0 Å². The second kappa shape index (κ2) is 4.49. The molecule has 1 aliphatic carbocycles. The molecule has 0 saturated heterocycles. The number of rotatable bonds is 5. The number of alkyl halides is 2. The predicted octanol–water partition coefficient (Wildman–Crippen LogP) is 2.56. The molecule has 0 spiro atoms. The van der Waals surface area contributed by atoms with Crippen molar-refractivity contribution in [2.45, 2.75) is 39.3 Å². The molecule has 0 radical (unpaired) electrons. The lowest BCUT2D eigenvalue weighted by atomic mass is 9.70. The highest BCUT2D eigenvalue weighted by atomic mass is 19.3. The summed E-state index contributed by atoms with van der Waals surface area (Å²) in [6.45, 7) is 1.01. The van der Waals surface area contributed by atoms with Gasteiger partial charge in [-0.3, -0.25) is 4.57 Å². The lowest BCUT2D eigenvalue weighted by Gasteiger charge is -2.38. The molecule has 2 rings (SSSR count). The molecule has 90 valence electrons. The average Bonchev–Trinajstić information content (AvgIpc) is 2.63. The predicted molar refractivity (Wildman–Crippen MR) is 57.1 cm³/mol. The summed E-state index contributed by atoms with van der Waals surface area (Å²) in [7, 11) is 0. The van der Waals surface area contributed by atoms with Crippen molar-refractivity contribution in [2.24, 2.45) is 5.41 Å².